The zero-order valence-corrected chi connectivity index (χ0v) is 22.3. The SMILES string of the molecule is C=C(CCCCC(=C)C(C)CCC(C)C)C(=N)[CH-]C(C)(C)CC.[CH3-].[U+2]. The molecule has 1 N–H and O–H groups in total. The topological polar surface area (TPSA) is 23.9 Å². The molecule has 0 aliphatic heterocycles. The first-order valence-electron chi connectivity index (χ1n) is 9.39. The summed E-state index contributed by atoms with van der Waals surface area (Å²) in [6, 6.07) is 0. The maximum atomic E-state index is 8.16. The molecule has 0 rings (SSSR count). The van der Waals surface area contributed by atoms with Crippen molar-refractivity contribution in [1.29, 1.82) is 5.41 Å². The van der Waals surface area contributed by atoms with Gasteiger partial charge in [-0.1, -0.05) is 91.2 Å². The van der Waals surface area contributed by atoms with Crippen LogP contribution >= 0.6 is 0 Å². The summed E-state index contributed by atoms with van der Waals surface area (Å²) in [4.78, 5) is 0. The van der Waals surface area contributed by atoms with Crippen LogP contribution in [0.25, 0.3) is 0 Å². The van der Waals surface area contributed by atoms with E-state index in [1.807, 2.05) is 0 Å². The fraction of sp³-hybridized carbons (Fsp3) is 0.696. The van der Waals surface area contributed by atoms with Crippen LogP contribution in [0.15, 0.2) is 24.3 Å². The summed E-state index contributed by atoms with van der Waals surface area (Å²) in [6.45, 7) is 21.8. The van der Waals surface area contributed by atoms with E-state index in [0.29, 0.717) is 11.6 Å². The van der Waals surface area contributed by atoms with Crippen LogP contribution in [0.1, 0.15) is 86.5 Å². The molecule has 0 spiro atoms. The van der Waals surface area contributed by atoms with Crippen LogP contribution in [-0.4, -0.2) is 5.71 Å². The second kappa shape index (κ2) is 15.2. The van der Waals surface area contributed by atoms with Crippen molar-refractivity contribution in [2.75, 3.05) is 0 Å². The number of hydrogen-bond acceptors (Lipinski definition) is 1. The maximum Gasteiger partial charge on any atom is 2.00 e. The van der Waals surface area contributed by atoms with Gasteiger partial charge < -0.3 is 12.8 Å². The fourth-order valence-electron chi connectivity index (χ4n) is 2.45. The molecular weight excluding hydrogens is 528 g/mol. The minimum Gasteiger partial charge on any atom is -0.358 e. The van der Waals surface area contributed by atoms with Gasteiger partial charge in [-0.25, -0.2) is 6.42 Å². The molecule has 0 saturated heterocycles. The third kappa shape index (κ3) is 14.9. The van der Waals surface area contributed by atoms with E-state index in [1.54, 1.807) is 0 Å². The number of nitrogens with one attached hydrogen (secondary N) is 1. The van der Waals surface area contributed by atoms with Crippen LogP contribution < -0.4 is 0 Å². The Kier molecular flexibility index (Phi) is 18.1. The van der Waals surface area contributed by atoms with Crippen molar-refractivity contribution in [3.8, 4) is 0 Å². The third-order valence-electron chi connectivity index (χ3n) is 4.93. The van der Waals surface area contributed by atoms with Gasteiger partial charge in [-0.05, 0) is 24.7 Å². The summed E-state index contributed by atoms with van der Waals surface area (Å²) in [5.74, 6) is 1.42. The predicted octanol–water partition coefficient (Wildman–Crippen LogP) is 7.84. The molecule has 0 heterocycles. The van der Waals surface area contributed by atoms with Gasteiger partial charge in [-0.2, -0.15) is 12.2 Å². The Bertz CT molecular complexity index is 393. The summed E-state index contributed by atoms with van der Waals surface area (Å²) in [5, 5.41) is 8.16. The zero-order chi connectivity index (χ0) is 18.0. The Hall–Kier alpha value is 0.0719. The monoisotopic (exact) mass is 571 g/mol. The minimum atomic E-state index is 0. The van der Waals surface area contributed by atoms with Crippen LogP contribution in [0.5, 0.6) is 0 Å². The van der Waals surface area contributed by atoms with E-state index in [9.17, 15) is 0 Å². The third-order valence-corrected chi connectivity index (χ3v) is 4.93. The second-order valence-electron chi connectivity index (χ2n) is 8.24. The Morgan fingerprint density at radius 3 is 2.04 bits per heavy atom. The Morgan fingerprint density at radius 2 is 1.56 bits per heavy atom. The van der Waals surface area contributed by atoms with Gasteiger partial charge in [-0.3, -0.25) is 0 Å². The molecule has 0 amide bonds. The smallest absolute Gasteiger partial charge is 0.358 e. The van der Waals surface area contributed by atoms with Crippen molar-refractivity contribution in [2.24, 2.45) is 17.3 Å². The van der Waals surface area contributed by atoms with E-state index in [-0.39, 0.29) is 44.0 Å². The summed E-state index contributed by atoms with van der Waals surface area (Å²) >= 11 is 0. The minimum absolute atomic E-state index is 0. The van der Waals surface area contributed by atoms with Gasteiger partial charge in [0.1, 0.15) is 0 Å². The van der Waals surface area contributed by atoms with E-state index >= 15 is 0 Å². The Balaban J connectivity index is -0.00000242. The first kappa shape index (κ1) is 29.8. The van der Waals surface area contributed by atoms with E-state index in [1.165, 1.54) is 18.4 Å². The summed E-state index contributed by atoms with van der Waals surface area (Å²) in [7, 11) is 0. The van der Waals surface area contributed by atoms with Crippen molar-refractivity contribution < 1.29 is 31.1 Å². The molecule has 144 valence electrons. The second-order valence-corrected chi connectivity index (χ2v) is 8.24. The van der Waals surface area contributed by atoms with E-state index in [4.69, 9.17) is 5.41 Å². The molecular formula is C23H43NU. The molecule has 0 fully saturated rings. The van der Waals surface area contributed by atoms with E-state index < -0.39 is 0 Å². The molecule has 0 aliphatic rings. The van der Waals surface area contributed by atoms with Gasteiger partial charge in [0, 0.05) is 0 Å². The molecule has 0 bridgehead atoms. The molecule has 0 aliphatic carbocycles. The Labute approximate surface area is 183 Å². The first-order chi connectivity index (χ1) is 10.6. The summed E-state index contributed by atoms with van der Waals surface area (Å²) < 4.78 is 0. The molecule has 0 aromatic rings. The maximum absolute atomic E-state index is 8.16. The average Bonchev–Trinajstić information content (AvgIpc) is 2.47. The molecule has 0 aromatic heterocycles. The molecule has 0 aromatic carbocycles. The van der Waals surface area contributed by atoms with Gasteiger partial charge in [0.25, 0.3) is 0 Å². The predicted molar refractivity (Wildman–Crippen MR) is 112 cm³/mol. The van der Waals surface area contributed by atoms with Crippen LogP contribution in [0.4, 0.5) is 0 Å². The molecule has 1 atom stereocenters. The number of unbranched alkanes of at least 4 members (excludes halogenated alkanes) is 1. The van der Waals surface area contributed by atoms with E-state index in [2.05, 4.69) is 61.1 Å². The van der Waals surface area contributed by atoms with Gasteiger partial charge in [0.05, 0.1) is 0 Å². The van der Waals surface area contributed by atoms with Crippen molar-refractivity contribution >= 4 is 5.71 Å². The first-order valence-corrected chi connectivity index (χ1v) is 9.39. The quantitative estimate of drug-likeness (QED) is 0.101. The molecule has 25 heavy (non-hydrogen) atoms. The van der Waals surface area contributed by atoms with Gasteiger partial charge >= 0.3 is 31.1 Å². The molecule has 1 nitrogen and oxygen atoms in total. The number of rotatable bonds is 13. The molecule has 0 radical (unpaired) electrons. The van der Waals surface area contributed by atoms with Crippen LogP contribution in [-0.2, 0) is 0 Å². The van der Waals surface area contributed by atoms with Crippen molar-refractivity contribution in [3.63, 3.8) is 0 Å². The molecule has 1 unspecified atom stereocenters. The standard InChI is InChI=1S/C22H40N.CH3.U/c1-9-22(7,8)16-21(23)20(6)13-11-10-12-18(4)19(5)15-14-17(2)3;;/h16-17,19,23H,4,6,9-15H2,1-3,5,7-8H3;1H3;/q2*-1;+2. The van der Waals surface area contributed by atoms with Crippen molar-refractivity contribution in [1.82, 2.24) is 0 Å². The van der Waals surface area contributed by atoms with Gasteiger partial charge in [0.2, 0.25) is 0 Å². The Morgan fingerprint density at radius 1 is 1.04 bits per heavy atom. The van der Waals surface area contributed by atoms with Crippen LogP contribution in [0.2, 0.25) is 0 Å². The normalized spacial score (nSPS) is 12.0. The van der Waals surface area contributed by atoms with Crippen LogP contribution in [0.3, 0.4) is 0 Å². The largest absolute Gasteiger partial charge is 2.00 e. The fourth-order valence-corrected chi connectivity index (χ4v) is 2.45. The summed E-state index contributed by atoms with van der Waals surface area (Å²) in [5.41, 5.74) is 3.09. The van der Waals surface area contributed by atoms with Crippen molar-refractivity contribution in [2.45, 2.75) is 86.5 Å². The van der Waals surface area contributed by atoms with Crippen LogP contribution in [0, 0.1) is 67.6 Å². The number of allylic oxidation sites excluding steroid dienone is 2. The molecule has 2 heteroatoms. The average molecular weight is 572 g/mol. The van der Waals surface area contributed by atoms with Crippen molar-refractivity contribution in [3.05, 3.63) is 38.2 Å². The zero-order valence-electron chi connectivity index (χ0n) is 18.1. The summed E-state index contributed by atoms with van der Waals surface area (Å²) in [6.07, 6.45) is 9.98. The number of hydrogen-bond donors (Lipinski definition) is 1. The van der Waals surface area contributed by atoms with Gasteiger partial charge in [0.15, 0.2) is 0 Å². The van der Waals surface area contributed by atoms with E-state index in [0.717, 1.165) is 43.6 Å². The van der Waals surface area contributed by atoms with Gasteiger partial charge in [-0.15, -0.1) is 5.71 Å². The molecule has 0 saturated carbocycles.